The summed E-state index contributed by atoms with van der Waals surface area (Å²) in [5, 5.41) is 14.6. The standard InChI is InChI=1S/C28H21Cl2N3OS/c1-17-7-12-25(18(2)13-17)32-27(34)16-35-28-23(15-31)22(21-5-3-4-6-24(21)30)14-26(33-28)19-8-10-20(29)11-9-19/h3-14H,16H2,1-2H3,(H,32,34). The second-order valence-corrected chi connectivity index (χ2v) is 9.80. The number of anilines is 1. The Balaban J connectivity index is 1.70. The van der Waals surface area contributed by atoms with Gasteiger partial charge in [-0.05, 0) is 49.7 Å². The van der Waals surface area contributed by atoms with Gasteiger partial charge in [-0.25, -0.2) is 4.98 Å². The van der Waals surface area contributed by atoms with Gasteiger partial charge in [-0.1, -0.05) is 83.0 Å². The summed E-state index contributed by atoms with van der Waals surface area (Å²) >= 11 is 13.8. The average Bonchev–Trinajstić information content (AvgIpc) is 2.84. The van der Waals surface area contributed by atoms with Crippen LogP contribution >= 0.6 is 35.0 Å². The van der Waals surface area contributed by atoms with Crippen LogP contribution in [0.25, 0.3) is 22.4 Å². The Kier molecular flexibility index (Phi) is 7.77. The first kappa shape index (κ1) is 24.8. The molecule has 1 amide bonds. The fourth-order valence-corrected chi connectivity index (χ4v) is 4.84. The molecule has 0 aliphatic rings. The molecule has 4 rings (SSSR count). The van der Waals surface area contributed by atoms with Crippen LogP contribution in [0.2, 0.25) is 10.0 Å². The second-order valence-electron chi connectivity index (χ2n) is 7.99. The third kappa shape index (κ3) is 5.86. The summed E-state index contributed by atoms with van der Waals surface area (Å²) in [5.41, 5.74) is 6.15. The molecule has 174 valence electrons. The van der Waals surface area contributed by atoms with Crippen molar-refractivity contribution in [3.8, 4) is 28.5 Å². The summed E-state index contributed by atoms with van der Waals surface area (Å²) in [4.78, 5) is 17.5. The van der Waals surface area contributed by atoms with E-state index in [9.17, 15) is 10.1 Å². The number of halogens is 2. The molecule has 1 aromatic heterocycles. The zero-order valence-corrected chi connectivity index (χ0v) is 21.4. The summed E-state index contributed by atoms with van der Waals surface area (Å²) in [6.07, 6.45) is 0. The Labute approximate surface area is 218 Å². The molecule has 0 saturated carbocycles. The third-order valence-corrected chi connectivity index (χ3v) is 6.95. The van der Waals surface area contributed by atoms with E-state index in [2.05, 4.69) is 11.4 Å². The van der Waals surface area contributed by atoms with Crippen LogP contribution in [0.3, 0.4) is 0 Å². The second kappa shape index (κ2) is 11.0. The molecule has 0 spiro atoms. The van der Waals surface area contributed by atoms with Crippen LogP contribution in [0.15, 0.2) is 77.8 Å². The minimum atomic E-state index is -0.177. The van der Waals surface area contributed by atoms with Gasteiger partial charge in [-0.15, -0.1) is 0 Å². The highest BCUT2D eigenvalue weighted by Crippen LogP contribution is 2.37. The maximum atomic E-state index is 12.7. The lowest BCUT2D eigenvalue weighted by molar-refractivity contribution is -0.113. The van der Waals surface area contributed by atoms with Crippen molar-refractivity contribution in [1.29, 1.82) is 5.26 Å². The number of hydrogen-bond donors (Lipinski definition) is 1. The molecule has 35 heavy (non-hydrogen) atoms. The predicted octanol–water partition coefficient (Wildman–Crippen LogP) is 7.94. The van der Waals surface area contributed by atoms with Crippen LogP contribution in [0.5, 0.6) is 0 Å². The smallest absolute Gasteiger partial charge is 0.234 e. The molecule has 1 N–H and O–H groups in total. The average molecular weight is 518 g/mol. The van der Waals surface area contributed by atoms with Gasteiger partial charge in [0.05, 0.1) is 17.0 Å². The molecule has 0 radical (unpaired) electrons. The van der Waals surface area contributed by atoms with Gasteiger partial charge in [0.15, 0.2) is 0 Å². The lowest BCUT2D eigenvalue weighted by atomic mass is 9.99. The summed E-state index contributed by atoms with van der Waals surface area (Å²) in [7, 11) is 0. The highest BCUT2D eigenvalue weighted by atomic mass is 35.5. The summed E-state index contributed by atoms with van der Waals surface area (Å²) < 4.78 is 0. The number of thioether (sulfide) groups is 1. The van der Waals surface area contributed by atoms with Crippen molar-refractivity contribution in [2.24, 2.45) is 0 Å². The van der Waals surface area contributed by atoms with Crippen LogP contribution in [-0.2, 0) is 4.79 Å². The van der Waals surface area contributed by atoms with Gasteiger partial charge in [-0.3, -0.25) is 4.79 Å². The van der Waals surface area contributed by atoms with Crippen LogP contribution in [0, 0.1) is 25.2 Å². The first-order valence-electron chi connectivity index (χ1n) is 10.8. The highest BCUT2D eigenvalue weighted by molar-refractivity contribution is 8.00. The van der Waals surface area contributed by atoms with Crippen LogP contribution in [-0.4, -0.2) is 16.6 Å². The van der Waals surface area contributed by atoms with E-state index < -0.39 is 0 Å². The van der Waals surface area contributed by atoms with Crippen molar-refractivity contribution >= 4 is 46.6 Å². The predicted molar refractivity (Wildman–Crippen MR) is 145 cm³/mol. The molecule has 0 bridgehead atoms. The fraction of sp³-hybridized carbons (Fsp3) is 0.107. The lowest BCUT2D eigenvalue weighted by Gasteiger charge is -2.14. The number of aryl methyl sites for hydroxylation is 2. The number of carbonyl (C=O) groups is 1. The maximum absolute atomic E-state index is 12.7. The maximum Gasteiger partial charge on any atom is 0.234 e. The number of pyridine rings is 1. The number of benzene rings is 3. The van der Waals surface area contributed by atoms with E-state index >= 15 is 0 Å². The largest absolute Gasteiger partial charge is 0.325 e. The molecule has 0 aliphatic carbocycles. The first-order valence-corrected chi connectivity index (χ1v) is 12.6. The fourth-order valence-electron chi connectivity index (χ4n) is 3.67. The van der Waals surface area contributed by atoms with Crippen molar-refractivity contribution in [2.75, 3.05) is 11.1 Å². The topological polar surface area (TPSA) is 65.8 Å². The summed E-state index contributed by atoms with van der Waals surface area (Å²) in [5.74, 6) is -0.0788. The van der Waals surface area contributed by atoms with E-state index in [-0.39, 0.29) is 11.7 Å². The molecule has 3 aromatic carbocycles. The Bertz CT molecular complexity index is 1450. The number of amides is 1. The van der Waals surface area contributed by atoms with Gasteiger partial charge in [-0.2, -0.15) is 5.26 Å². The van der Waals surface area contributed by atoms with E-state index in [1.807, 2.05) is 68.4 Å². The van der Waals surface area contributed by atoms with Gasteiger partial charge >= 0.3 is 0 Å². The normalized spacial score (nSPS) is 10.6. The Morgan fingerprint density at radius 3 is 2.43 bits per heavy atom. The van der Waals surface area contributed by atoms with Crippen molar-refractivity contribution in [3.05, 3.63) is 99.5 Å². The molecular formula is C28H21Cl2N3OS. The first-order chi connectivity index (χ1) is 16.9. The van der Waals surface area contributed by atoms with Gasteiger partial charge in [0.1, 0.15) is 11.1 Å². The summed E-state index contributed by atoms with van der Waals surface area (Å²) in [6, 6.07) is 24.7. The minimum Gasteiger partial charge on any atom is -0.325 e. The summed E-state index contributed by atoms with van der Waals surface area (Å²) in [6.45, 7) is 3.96. The molecule has 0 fully saturated rings. The zero-order chi connectivity index (χ0) is 24.9. The Morgan fingerprint density at radius 1 is 1.00 bits per heavy atom. The number of nitriles is 1. The minimum absolute atomic E-state index is 0.0982. The number of aromatic nitrogens is 1. The quantitative estimate of drug-likeness (QED) is 0.263. The van der Waals surface area contributed by atoms with Gasteiger partial charge in [0.25, 0.3) is 0 Å². The molecule has 0 saturated heterocycles. The molecule has 0 atom stereocenters. The van der Waals surface area contributed by atoms with Crippen molar-refractivity contribution in [3.63, 3.8) is 0 Å². The van der Waals surface area contributed by atoms with Crippen molar-refractivity contribution in [2.45, 2.75) is 18.9 Å². The number of rotatable bonds is 6. The number of nitrogens with one attached hydrogen (secondary N) is 1. The van der Waals surface area contributed by atoms with Gasteiger partial charge in [0.2, 0.25) is 5.91 Å². The number of nitrogens with zero attached hydrogens (tertiary/aromatic N) is 2. The molecule has 0 aliphatic heterocycles. The van der Waals surface area contributed by atoms with Gasteiger partial charge in [0, 0.05) is 32.4 Å². The molecule has 1 heterocycles. The van der Waals surface area contributed by atoms with Crippen LogP contribution in [0.1, 0.15) is 16.7 Å². The van der Waals surface area contributed by atoms with E-state index in [4.69, 9.17) is 28.2 Å². The molecule has 0 unspecified atom stereocenters. The van der Waals surface area contributed by atoms with Crippen LogP contribution < -0.4 is 5.32 Å². The zero-order valence-electron chi connectivity index (χ0n) is 19.1. The van der Waals surface area contributed by atoms with Gasteiger partial charge < -0.3 is 5.32 Å². The SMILES string of the molecule is Cc1ccc(NC(=O)CSc2nc(-c3ccc(Cl)cc3)cc(-c3ccccc3Cl)c2C#N)c(C)c1. The number of hydrogen-bond acceptors (Lipinski definition) is 4. The monoisotopic (exact) mass is 517 g/mol. The highest BCUT2D eigenvalue weighted by Gasteiger charge is 2.18. The molecule has 4 aromatic rings. The van der Waals surface area contributed by atoms with E-state index in [1.165, 1.54) is 11.8 Å². The Hall–Kier alpha value is -3.30. The molecular weight excluding hydrogens is 497 g/mol. The number of carbonyl (C=O) groups excluding carboxylic acids is 1. The molecule has 7 heteroatoms. The van der Waals surface area contributed by atoms with E-state index in [0.29, 0.717) is 31.9 Å². The third-order valence-electron chi connectivity index (χ3n) is 5.40. The van der Waals surface area contributed by atoms with E-state index in [1.54, 1.807) is 18.2 Å². The molecule has 4 nitrogen and oxygen atoms in total. The van der Waals surface area contributed by atoms with Crippen molar-refractivity contribution in [1.82, 2.24) is 4.98 Å². The lowest BCUT2D eigenvalue weighted by Crippen LogP contribution is -2.15. The van der Waals surface area contributed by atoms with Crippen molar-refractivity contribution < 1.29 is 4.79 Å². The van der Waals surface area contributed by atoms with E-state index in [0.717, 1.165) is 27.9 Å². The van der Waals surface area contributed by atoms with Crippen LogP contribution in [0.4, 0.5) is 5.69 Å². The Morgan fingerprint density at radius 2 is 1.74 bits per heavy atom.